The minimum Gasteiger partial charge on any atom is -0.466 e. The zero-order valence-electron chi connectivity index (χ0n) is 26.3. The molecule has 0 fully saturated rings. The monoisotopic (exact) mass is 590 g/mol. The molecule has 0 aliphatic heterocycles. The van der Waals surface area contributed by atoms with Crippen LogP contribution in [0.25, 0.3) is 0 Å². The molecule has 0 bridgehead atoms. The summed E-state index contributed by atoms with van der Waals surface area (Å²) in [6, 6.07) is 3.17. The number of nitrogens with one attached hydrogen (secondary N) is 2. The zero-order valence-corrected chi connectivity index (χ0v) is 26.3. The summed E-state index contributed by atoms with van der Waals surface area (Å²) in [4.78, 5) is 66.0. The molecule has 11 heteroatoms. The quantitative estimate of drug-likeness (QED) is 0.183. The summed E-state index contributed by atoms with van der Waals surface area (Å²) >= 11 is 0. The maximum absolute atomic E-state index is 14.2. The van der Waals surface area contributed by atoms with Crippen LogP contribution in [0, 0.1) is 13.8 Å². The van der Waals surface area contributed by atoms with E-state index >= 15 is 0 Å². The molecule has 42 heavy (non-hydrogen) atoms. The van der Waals surface area contributed by atoms with Crippen LogP contribution in [0.1, 0.15) is 102 Å². The van der Waals surface area contributed by atoms with E-state index in [4.69, 9.17) is 15.2 Å². The number of carbonyl (C=O) groups excluding carboxylic acids is 5. The highest BCUT2D eigenvalue weighted by Crippen LogP contribution is 2.28. The molecule has 2 unspecified atom stereocenters. The number of rotatable bonds is 17. The van der Waals surface area contributed by atoms with E-state index in [1.807, 2.05) is 32.0 Å². The van der Waals surface area contributed by atoms with Gasteiger partial charge in [0.25, 0.3) is 0 Å². The second kappa shape index (κ2) is 18.0. The Bertz CT molecular complexity index is 1070. The third kappa shape index (κ3) is 13.4. The van der Waals surface area contributed by atoms with Gasteiger partial charge >= 0.3 is 12.1 Å². The SMILES string of the molecule is CCCCCCCN(C(=O)C(CC(N)=O)NC(=O)OC(C)(C)C)C(C(=O)NCCC(=O)OCC)c1cc(C)ccc1C. The van der Waals surface area contributed by atoms with Crippen LogP contribution in [0.4, 0.5) is 4.79 Å². The molecule has 0 aliphatic rings. The molecule has 1 aromatic rings. The average Bonchev–Trinajstić information content (AvgIpc) is 2.87. The Kier molecular flexibility index (Phi) is 15.6. The van der Waals surface area contributed by atoms with Gasteiger partial charge in [0, 0.05) is 13.1 Å². The summed E-state index contributed by atoms with van der Waals surface area (Å²) in [7, 11) is 0. The zero-order chi connectivity index (χ0) is 31.9. The maximum atomic E-state index is 14.2. The number of amides is 4. The molecule has 1 rings (SSSR count). The van der Waals surface area contributed by atoms with E-state index in [-0.39, 0.29) is 26.1 Å². The van der Waals surface area contributed by atoms with E-state index in [0.29, 0.717) is 12.0 Å². The number of primary amides is 1. The number of nitrogens with zero attached hydrogens (tertiary/aromatic N) is 1. The lowest BCUT2D eigenvalue weighted by Crippen LogP contribution is -2.54. The second-order valence-corrected chi connectivity index (χ2v) is 11.4. The minimum absolute atomic E-state index is 0.0123. The fraction of sp³-hybridized carbons (Fsp3) is 0.645. The molecule has 1 aromatic carbocycles. The first-order valence-electron chi connectivity index (χ1n) is 14.8. The first-order valence-corrected chi connectivity index (χ1v) is 14.8. The highest BCUT2D eigenvalue weighted by atomic mass is 16.6. The van der Waals surface area contributed by atoms with Gasteiger partial charge in [0.15, 0.2) is 0 Å². The van der Waals surface area contributed by atoms with Crippen molar-refractivity contribution in [2.24, 2.45) is 5.73 Å². The number of esters is 1. The molecular formula is C31H50N4O7. The summed E-state index contributed by atoms with van der Waals surface area (Å²) in [5.74, 6) is -2.38. The van der Waals surface area contributed by atoms with Gasteiger partial charge in [-0.05, 0) is 59.1 Å². The average molecular weight is 591 g/mol. The summed E-state index contributed by atoms with van der Waals surface area (Å²) in [6.45, 7) is 13.0. The largest absolute Gasteiger partial charge is 0.466 e. The lowest BCUT2D eigenvalue weighted by molar-refractivity contribution is -0.144. The molecule has 0 spiro atoms. The molecule has 0 aromatic heterocycles. The van der Waals surface area contributed by atoms with E-state index in [9.17, 15) is 24.0 Å². The lowest BCUT2D eigenvalue weighted by atomic mass is 9.95. The standard InChI is InChI=1S/C31H50N4O7/c1-8-10-11-12-13-18-35(29(39)24(20-25(32)36)34-30(40)42-31(5,6)7)27(23-19-21(3)14-15-22(23)4)28(38)33-17-16-26(37)41-9-2/h14-15,19,24,27H,8-13,16-18,20H2,1-7H3,(H2,32,36)(H,33,38)(H,34,40). The number of carbonyl (C=O) groups is 5. The Balaban J connectivity index is 3.53. The third-order valence-electron chi connectivity index (χ3n) is 6.40. The predicted molar refractivity (Wildman–Crippen MR) is 160 cm³/mol. The number of ether oxygens (including phenoxy) is 2. The topological polar surface area (TPSA) is 157 Å². The number of benzene rings is 1. The first-order chi connectivity index (χ1) is 19.7. The molecule has 0 saturated heterocycles. The molecule has 4 amide bonds. The van der Waals surface area contributed by atoms with Crippen LogP contribution in [0.3, 0.4) is 0 Å². The van der Waals surface area contributed by atoms with E-state index in [0.717, 1.165) is 36.8 Å². The molecule has 236 valence electrons. The molecular weight excluding hydrogens is 540 g/mol. The molecule has 2 atom stereocenters. The number of hydrogen-bond donors (Lipinski definition) is 3. The second-order valence-electron chi connectivity index (χ2n) is 11.4. The van der Waals surface area contributed by atoms with Crippen LogP contribution in [-0.2, 0) is 28.7 Å². The van der Waals surface area contributed by atoms with Crippen LogP contribution in [0.2, 0.25) is 0 Å². The molecule has 4 N–H and O–H groups in total. The van der Waals surface area contributed by atoms with Crippen molar-refractivity contribution < 1.29 is 33.4 Å². The predicted octanol–water partition coefficient (Wildman–Crippen LogP) is 3.98. The van der Waals surface area contributed by atoms with E-state index < -0.39 is 53.9 Å². The van der Waals surface area contributed by atoms with Crippen LogP contribution in [-0.4, -0.2) is 66.0 Å². The molecule has 0 radical (unpaired) electrons. The van der Waals surface area contributed by atoms with E-state index in [1.54, 1.807) is 27.7 Å². The van der Waals surface area contributed by atoms with Crippen molar-refractivity contribution in [3.8, 4) is 0 Å². The molecule has 0 saturated carbocycles. The summed E-state index contributed by atoms with van der Waals surface area (Å²) in [5.41, 5.74) is 6.89. The van der Waals surface area contributed by atoms with Gasteiger partial charge in [0.2, 0.25) is 17.7 Å². The van der Waals surface area contributed by atoms with Crippen molar-refractivity contribution >= 4 is 29.8 Å². The Labute approximate surface area is 250 Å². The van der Waals surface area contributed by atoms with Gasteiger partial charge in [-0.3, -0.25) is 19.2 Å². The minimum atomic E-state index is -1.35. The smallest absolute Gasteiger partial charge is 0.408 e. The number of aryl methyl sites for hydroxylation is 2. The summed E-state index contributed by atoms with van der Waals surface area (Å²) in [6.07, 6.45) is 3.06. The molecule has 0 aliphatic carbocycles. The highest BCUT2D eigenvalue weighted by Gasteiger charge is 2.37. The number of hydrogen-bond acceptors (Lipinski definition) is 7. The number of unbranched alkanes of at least 4 members (excludes halogenated alkanes) is 4. The van der Waals surface area contributed by atoms with E-state index in [2.05, 4.69) is 17.6 Å². The van der Waals surface area contributed by atoms with E-state index in [1.165, 1.54) is 4.90 Å². The van der Waals surface area contributed by atoms with Gasteiger partial charge in [-0.2, -0.15) is 0 Å². The number of nitrogens with two attached hydrogens (primary N) is 1. The fourth-order valence-electron chi connectivity index (χ4n) is 4.43. The summed E-state index contributed by atoms with van der Waals surface area (Å²) < 4.78 is 10.3. The molecule has 0 heterocycles. The Hall–Kier alpha value is -3.63. The first kappa shape index (κ1) is 36.4. The van der Waals surface area contributed by atoms with Crippen LogP contribution in [0.15, 0.2) is 18.2 Å². The highest BCUT2D eigenvalue weighted by molar-refractivity contribution is 5.94. The van der Waals surface area contributed by atoms with Gasteiger partial charge in [-0.25, -0.2) is 4.79 Å². The van der Waals surface area contributed by atoms with Crippen molar-refractivity contribution in [3.05, 3.63) is 34.9 Å². The summed E-state index contributed by atoms with van der Waals surface area (Å²) in [5, 5.41) is 5.27. The van der Waals surface area contributed by atoms with Gasteiger partial charge in [0.05, 0.1) is 19.4 Å². The van der Waals surface area contributed by atoms with Crippen LogP contribution in [0.5, 0.6) is 0 Å². The van der Waals surface area contributed by atoms with Crippen molar-refractivity contribution in [3.63, 3.8) is 0 Å². The van der Waals surface area contributed by atoms with Crippen molar-refractivity contribution in [1.82, 2.24) is 15.5 Å². The van der Waals surface area contributed by atoms with Crippen molar-refractivity contribution in [1.29, 1.82) is 0 Å². The molecule has 11 nitrogen and oxygen atoms in total. The third-order valence-corrected chi connectivity index (χ3v) is 6.40. The Morgan fingerprint density at radius 1 is 1.00 bits per heavy atom. The van der Waals surface area contributed by atoms with Crippen LogP contribution >= 0.6 is 0 Å². The number of alkyl carbamates (subject to hydrolysis) is 1. The van der Waals surface area contributed by atoms with Crippen molar-refractivity contribution in [2.75, 3.05) is 19.7 Å². The van der Waals surface area contributed by atoms with Crippen molar-refractivity contribution in [2.45, 2.75) is 111 Å². The maximum Gasteiger partial charge on any atom is 0.408 e. The van der Waals surface area contributed by atoms with Crippen LogP contribution < -0.4 is 16.4 Å². The van der Waals surface area contributed by atoms with Gasteiger partial charge in [-0.1, -0.05) is 56.4 Å². The van der Waals surface area contributed by atoms with Gasteiger partial charge in [0.1, 0.15) is 17.7 Å². The Morgan fingerprint density at radius 2 is 1.67 bits per heavy atom. The van der Waals surface area contributed by atoms with Gasteiger partial charge in [-0.15, -0.1) is 0 Å². The Morgan fingerprint density at radius 3 is 2.26 bits per heavy atom. The van der Waals surface area contributed by atoms with Gasteiger partial charge < -0.3 is 30.7 Å². The lowest BCUT2D eigenvalue weighted by Gasteiger charge is -2.35. The fourth-order valence-corrected chi connectivity index (χ4v) is 4.43. The normalized spacial score (nSPS) is 12.5.